The average Bonchev–Trinajstić information content (AvgIpc) is 3.25. The molecule has 0 unspecified atom stereocenters. The molecule has 9 heteroatoms. The molecule has 2 heterocycles. The molecule has 0 radical (unpaired) electrons. The fraction of sp³-hybridized carbons (Fsp3) is 0.105. The lowest BCUT2D eigenvalue weighted by Gasteiger charge is -2.14. The van der Waals surface area contributed by atoms with Crippen LogP contribution in [0.15, 0.2) is 59.0 Å². The molecule has 0 aliphatic carbocycles. The van der Waals surface area contributed by atoms with E-state index in [1.165, 1.54) is 12.5 Å². The van der Waals surface area contributed by atoms with Crippen molar-refractivity contribution in [1.82, 2.24) is 9.88 Å². The number of oxazole rings is 1. The van der Waals surface area contributed by atoms with Crippen LogP contribution < -0.4 is 10.1 Å². The molecule has 0 saturated heterocycles. The molecule has 0 bridgehead atoms. The van der Waals surface area contributed by atoms with Gasteiger partial charge in [0.1, 0.15) is 11.4 Å². The van der Waals surface area contributed by atoms with Gasteiger partial charge in [0.2, 0.25) is 0 Å². The Balaban J connectivity index is 1.52. The highest BCUT2D eigenvalue weighted by Crippen LogP contribution is 2.35. The van der Waals surface area contributed by atoms with E-state index in [9.17, 15) is 9.59 Å². The Kier molecular flexibility index (Phi) is 4.72. The highest BCUT2D eigenvalue weighted by molar-refractivity contribution is 6.32. The summed E-state index contributed by atoms with van der Waals surface area (Å²) in [6.07, 6.45) is 2.52. The van der Waals surface area contributed by atoms with Crippen molar-refractivity contribution in [1.29, 1.82) is 0 Å². The summed E-state index contributed by atoms with van der Waals surface area (Å²) in [6, 6.07) is 10.2. The molecule has 0 fully saturated rings. The van der Waals surface area contributed by atoms with Crippen LogP contribution in [0.5, 0.6) is 11.5 Å². The van der Waals surface area contributed by atoms with Crippen LogP contribution in [0.1, 0.15) is 0 Å². The number of halogens is 1. The molecule has 0 spiro atoms. The predicted octanol–water partition coefficient (Wildman–Crippen LogP) is 2.93. The van der Waals surface area contributed by atoms with Crippen LogP contribution in [0.25, 0.3) is 11.1 Å². The number of aromatic nitrogens is 1. The van der Waals surface area contributed by atoms with Gasteiger partial charge in [-0.25, -0.2) is 4.98 Å². The minimum atomic E-state index is -0.506. The fourth-order valence-electron chi connectivity index (χ4n) is 2.79. The van der Waals surface area contributed by atoms with Crippen molar-refractivity contribution in [3.63, 3.8) is 0 Å². The first-order chi connectivity index (χ1) is 13.6. The Morgan fingerprint density at radius 3 is 2.86 bits per heavy atom. The molecule has 28 heavy (non-hydrogen) atoms. The molecule has 2 amide bonds. The van der Waals surface area contributed by atoms with Gasteiger partial charge in [-0.1, -0.05) is 17.7 Å². The van der Waals surface area contributed by atoms with Gasteiger partial charge in [-0.15, -0.1) is 0 Å². The summed E-state index contributed by atoms with van der Waals surface area (Å²) >= 11 is 6.31. The van der Waals surface area contributed by atoms with Gasteiger partial charge in [-0.3, -0.25) is 14.5 Å². The number of aliphatic hydroxyl groups excluding tert-OH is 1. The number of anilines is 1. The molecule has 2 N–H and O–H groups in total. The van der Waals surface area contributed by atoms with Gasteiger partial charge in [-0.2, -0.15) is 0 Å². The van der Waals surface area contributed by atoms with E-state index in [-0.39, 0.29) is 18.8 Å². The number of β-amino-alcohol motifs (C(OH)–C–C–N with tert-alkyl or cyclic N) is 1. The van der Waals surface area contributed by atoms with Gasteiger partial charge in [0.05, 0.1) is 18.2 Å². The van der Waals surface area contributed by atoms with Crippen molar-refractivity contribution in [2.45, 2.75) is 0 Å². The highest BCUT2D eigenvalue weighted by atomic mass is 35.5. The third-order valence-corrected chi connectivity index (χ3v) is 4.38. The smallest absolute Gasteiger partial charge is 0.277 e. The van der Waals surface area contributed by atoms with E-state index in [2.05, 4.69) is 10.3 Å². The third-order valence-electron chi connectivity index (χ3n) is 4.09. The second kappa shape index (κ2) is 7.34. The van der Waals surface area contributed by atoms with E-state index in [0.717, 1.165) is 4.90 Å². The number of para-hydroxylation sites is 1. The van der Waals surface area contributed by atoms with Crippen LogP contribution in [-0.4, -0.2) is 40.0 Å². The standard InChI is InChI=1S/C19H14ClN3O5/c20-12-8-11(22-13-9-17(25)23(6-7-24)19(13)26)4-5-14(12)28-16-3-1-2-15-18(16)21-10-27-15/h1-5,8-10,22,24H,6-7H2. The highest BCUT2D eigenvalue weighted by Gasteiger charge is 2.30. The molecule has 1 aromatic heterocycles. The minimum absolute atomic E-state index is 0.0551. The number of amides is 2. The van der Waals surface area contributed by atoms with E-state index in [1.807, 2.05) is 0 Å². The zero-order chi connectivity index (χ0) is 19.7. The van der Waals surface area contributed by atoms with Crippen LogP contribution in [0.3, 0.4) is 0 Å². The zero-order valence-electron chi connectivity index (χ0n) is 14.4. The molecule has 1 aliphatic rings. The Labute approximate surface area is 164 Å². The SMILES string of the molecule is O=C1C=C(Nc2ccc(Oc3cccc4ocnc34)c(Cl)c2)C(=O)N1CCO. The zero-order valence-corrected chi connectivity index (χ0v) is 15.1. The van der Waals surface area contributed by atoms with Gasteiger partial charge in [0, 0.05) is 11.8 Å². The van der Waals surface area contributed by atoms with E-state index in [4.69, 9.17) is 25.9 Å². The summed E-state index contributed by atoms with van der Waals surface area (Å²) in [5.74, 6) is -0.0956. The number of fused-ring (bicyclic) bond motifs is 1. The van der Waals surface area contributed by atoms with Gasteiger partial charge < -0.3 is 19.6 Å². The van der Waals surface area contributed by atoms with Crippen molar-refractivity contribution < 1.29 is 23.8 Å². The Hall–Kier alpha value is -3.36. The number of hydrogen-bond acceptors (Lipinski definition) is 7. The van der Waals surface area contributed by atoms with Crippen molar-refractivity contribution in [3.05, 3.63) is 59.6 Å². The van der Waals surface area contributed by atoms with Crippen LogP contribution in [-0.2, 0) is 9.59 Å². The van der Waals surface area contributed by atoms with Crippen LogP contribution in [0, 0.1) is 0 Å². The molecule has 142 valence electrons. The molecular weight excluding hydrogens is 386 g/mol. The Bertz CT molecular complexity index is 1110. The number of imide groups is 1. The molecule has 0 saturated carbocycles. The number of carbonyl (C=O) groups excluding carboxylic acids is 2. The number of carbonyl (C=O) groups is 2. The Morgan fingerprint density at radius 1 is 1.21 bits per heavy atom. The topological polar surface area (TPSA) is 105 Å². The molecule has 0 atom stereocenters. The second-order valence-electron chi connectivity index (χ2n) is 5.90. The van der Waals surface area contributed by atoms with Crippen LogP contribution in [0.4, 0.5) is 5.69 Å². The number of benzene rings is 2. The second-order valence-corrected chi connectivity index (χ2v) is 6.31. The van der Waals surface area contributed by atoms with Crippen LogP contribution in [0.2, 0.25) is 5.02 Å². The molecule has 8 nitrogen and oxygen atoms in total. The third kappa shape index (κ3) is 3.30. The maximum Gasteiger partial charge on any atom is 0.277 e. The van der Waals surface area contributed by atoms with Crippen molar-refractivity contribution in [2.75, 3.05) is 18.5 Å². The van der Waals surface area contributed by atoms with E-state index < -0.39 is 11.8 Å². The quantitative estimate of drug-likeness (QED) is 0.614. The number of nitrogens with zero attached hydrogens (tertiary/aromatic N) is 2. The molecule has 3 aromatic rings. The van der Waals surface area contributed by atoms with Gasteiger partial charge >= 0.3 is 0 Å². The number of aliphatic hydroxyl groups is 1. The summed E-state index contributed by atoms with van der Waals surface area (Å²) < 4.78 is 11.1. The monoisotopic (exact) mass is 399 g/mol. The molecule has 4 rings (SSSR count). The van der Waals surface area contributed by atoms with Gasteiger partial charge in [0.25, 0.3) is 11.8 Å². The maximum atomic E-state index is 12.2. The number of hydrogen-bond donors (Lipinski definition) is 2. The Morgan fingerprint density at radius 2 is 2.07 bits per heavy atom. The number of nitrogens with one attached hydrogen (secondary N) is 1. The summed E-state index contributed by atoms with van der Waals surface area (Å²) in [7, 11) is 0. The summed E-state index contributed by atoms with van der Waals surface area (Å²) in [6.45, 7) is -0.352. The fourth-order valence-corrected chi connectivity index (χ4v) is 3.01. The average molecular weight is 400 g/mol. The summed E-state index contributed by atoms with van der Waals surface area (Å²) in [5, 5.41) is 12.1. The van der Waals surface area contributed by atoms with Crippen molar-refractivity contribution >= 4 is 40.2 Å². The molecular formula is C19H14ClN3O5. The predicted molar refractivity (Wildman–Crippen MR) is 101 cm³/mol. The van der Waals surface area contributed by atoms with Gasteiger partial charge in [0.15, 0.2) is 23.2 Å². The van der Waals surface area contributed by atoms with Crippen molar-refractivity contribution in [3.8, 4) is 11.5 Å². The first-order valence-electron chi connectivity index (χ1n) is 8.32. The first kappa shape index (κ1) is 18.0. The molecule has 2 aromatic carbocycles. The lowest BCUT2D eigenvalue weighted by atomic mass is 10.2. The minimum Gasteiger partial charge on any atom is -0.453 e. The number of ether oxygens (including phenoxy) is 1. The van der Waals surface area contributed by atoms with E-state index in [1.54, 1.807) is 36.4 Å². The van der Waals surface area contributed by atoms with Crippen LogP contribution >= 0.6 is 11.6 Å². The number of rotatable bonds is 6. The summed E-state index contributed by atoms with van der Waals surface area (Å²) in [4.78, 5) is 29.1. The van der Waals surface area contributed by atoms with E-state index in [0.29, 0.717) is 33.3 Å². The van der Waals surface area contributed by atoms with E-state index >= 15 is 0 Å². The summed E-state index contributed by atoms with van der Waals surface area (Å²) in [5.41, 5.74) is 1.78. The lowest BCUT2D eigenvalue weighted by Crippen LogP contribution is -2.34. The normalized spacial score (nSPS) is 13.9. The molecule has 1 aliphatic heterocycles. The van der Waals surface area contributed by atoms with Gasteiger partial charge in [-0.05, 0) is 30.3 Å². The first-order valence-corrected chi connectivity index (χ1v) is 8.69. The largest absolute Gasteiger partial charge is 0.453 e. The van der Waals surface area contributed by atoms with Crippen molar-refractivity contribution in [2.24, 2.45) is 0 Å². The lowest BCUT2D eigenvalue weighted by molar-refractivity contribution is -0.137. The maximum absolute atomic E-state index is 12.2.